The number of hydrogen-bond acceptors (Lipinski definition) is 3. The summed E-state index contributed by atoms with van der Waals surface area (Å²) in [6.45, 7) is 3.80. The molecule has 0 unspecified atom stereocenters. The van der Waals surface area contributed by atoms with Gasteiger partial charge in [-0.1, -0.05) is 0 Å². The number of anilines is 1. The fourth-order valence-corrected chi connectivity index (χ4v) is 1.93. The van der Waals surface area contributed by atoms with E-state index in [-0.39, 0.29) is 5.56 Å². The predicted octanol–water partition coefficient (Wildman–Crippen LogP) is 2.35. The molecule has 0 atom stereocenters. The van der Waals surface area contributed by atoms with E-state index in [1.54, 1.807) is 19.3 Å². The van der Waals surface area contributed by atoms with Gasteiger partial charge in [-0.25, -0.2) is 4.39 Å². The fourth-order valence-electron chi connectivity index (χ4n) is 1.93. The predicted molar refractivity (Wildman–Crippen MR) is 75.7 cm³/mol. The number of hydrogen-bond donors (Lipinski definition) is 2. The largest absolute Gasteiger partial charge is 0.399 e. The highest BCUT2D eigenvalue weighted by atomic mass is 19.1. The smallest absolute Gasteiger partial charge is 0.254 e. The van der Waals surface area contributed by atoms with Crippen LogP contribution >= 0.6 is 0 Å². The van der Waals surface area contributed by atoms with Gasteiger partial charge in [0.15, 0.2) is 0 Å². The lowest BCUT2D eigenvalue weighted by molar-refractivity contribution is 0.0946. The van der Waals surface area contributed by atoms with Gasteiger partial charge in [0.1, 0.15) is 5.82 Å². The Labute approximate surface area is 116 Å². The van der Waals surface area contributed by atoms with E-state index in [1.807, 2.05) is 13.0 Å². The minimum absolute atomic E-state index is 0.0331. The van der Waals surface area contributed by atoms with Gasteiger partial charge in [-0.05, 0) is 48.7 Å². The molecule has 1 heterocycles. The van der Waals surface area contributed by atoms with Crippen LogP contribution in [-0.4, -0.2) is 10.9 Å². The molecule has 0 saturated heterocycles. The van der Waals surface area contributed by atoms with Crippen molar-refractivity contribution >= 4 is 11.6 Å². The van der Waals surface area contributed by atoms with E-state index in [0.29, 0.717) is 17.8 Å². The van der Waals surface area contributed by atoms with Crippen molar-refractivity contribution in [3.05, 3.63) is 58.7 Å². The number of aromatic nitrogens is 1. The number of aryl methyl sites for hydroxylation is 2. The van der Waals surface area contributed by atoms with E-state index in [1.165, 1.54) is 12.1 Å². The molecular formula is C15H16FN3O. The van der Waals surface area contributed by atoms with Crippen LogP contribution < -0.4 is 11.1 Å². The van der Waals surface area contributed by atoms with Crippen LogP contribution in [0.2, 0.25) is 0 Å². The number of pyridine rings is 1. The molecule has 0 aliphatic rings. The van der Waals surface area contributed by atoms with Crippen molar-refractivity contribution < 1.29 is 9.18 Å². The molecule has 0 fully saturated rings. The molecule has 3 N–H and O–H groups in total. The Morgan fingerprint density at radius 3 is 2.80 bits per heavy atom. The van der Waals surface area contributed by atoms with Crippen molar-refractivity contribution in [2.24, 2.45) is 0 Å². The molecule has 1 amide bonds. The monoisotopic (exact) mass is 273 g/mol. The highest BCUT2D eigenvalue weighted by Gasteiger charge is 2.14. The van der Waals surface area contributed by atoms with Crippen LogP contribution in [-0.2, 0) is 6.54 Å². The minimum atomic E-state index is -0.539. The summed E-state index contributed by atoms with van der Waals surface area (Å²) in [6, 6.07) is 4.66. The molecule has 0 bridgehead atoms. The van der Waals surface area contributed by atoms with Crippen LogP contribution in [0, 0.1) is 19.7 Å². The van der Waals surface area contributed by atoms with Crippen LogP contribution in [0.4, 0.5) is 10.1 Å². The zero-order valence-electron chi connectivity index (χ0n) is 11.4. The van der Waals surface area contributed by atoms with Crippen LogP contribution in [0.15, 0.2) is 30.6 Å². The molecule has 2 aromatic rings. The SMILES string of the molecule is Cc1cnccc1CNC(=O)c1cc(N)cc(C)c1F. The highest BCUT2D eigenvalue weighted by molar-refractivity contribution is 5.95. The normalized spacial score (nSPS) is 10.3. The van der Waals surface area contributed by atoms with Gasteiger partial charge in [0.2, 0.25) is 0 Å². The molecule has 0 saturated carbocycles. The first-order chi connectivity index (χ1) is 9.49. The van der Waals surface area contributed by atoms with E-state index >= 15 is 0 Å². The van der Waals surface area contributed by atoms with E-state index in [2.05, 4.69) is 10.3 Å². The van der Waals surface area contributed by atoms with Gasteiger partial charge in [0, 0.05) is 24.6 Å². The maximum atomic E-state index is 13.9. The summed E-state index contributed by atoms with van der Waals surface area (Å²) in [7, 11) is 0. The van der Waals surface area contributed by atoms with E-state index in [0.717, 1.165) is 11.1 Å². The quantitative estimate of drug-likeness (QED) is 0.843. The minimum Gasteiger partial charge on any atom is -0.399 e. The van der Waals surface area contributed by atoms with Crippen LogP contribution in [0.1, 0.15) is 27.0 Å². The first kappa shape index (κ1) is 14.0. The maximum Gasteiger partial charge on any atom is 0.254 e. The van der Waals surface area contributed by atoms with Gasteiger partial charge in [0.05, 0.1) is 5.56 Å². The molecular weight excluding hydrogens is 257 g/mol. The van der Waals surface area contributed by atoms with Gasteiger partial charge in [-0.15, -0.1) is 0 Å². The number of rotatable bonds is 3. The van der Waals surface area contributed by atoms with Crippen molar-refractivity contribution in [3.63, 3.8) is 0 Å². The summed E-state index contributed by atoms with van der Waals surface area (Å²) >= 11 is 0. The Kier molecular flexibility index (Phi) is 3.98. The third kappa shape index (κ3) is 2.93. The zero-order chi connectivity index (χ0) is 14.7. The number of amides is 1. The lowest BCUT2D eigenvalue weighted by Gasteiger charge is -2.10. The third-order valence-electron chi connectivity index (χ3n) is 3.10. The molecule has 2 rings (SSSR count). The second-order valence-corrected chi connectivity index (χ2v) is 4.68. The fraction of sp³-hybridized carbons (Fsp3) is 0.200. The third-order valence-corrected chi connectivity index (χ3v) is 3.10. The van der Waals surface area contributed by atoms with E-state index in [4.69, 9.17) is 5.73 Å². The molecule has 1 aromatic heterocycles. The average molecular weight is 273 g/mol. The summed E-state index contributed by atoms with van der Waals surface area (Å²) in [4.78, 5) is 16.0. The Bertz CT molecular complexity index is 656. The summed E-state index contributed by atoms with van der Waals surface area (Å²) in [6.07, 6.45) is 3.37. The molecule has 0 spiro atoms. The Morgan fingerprint density at radius 1 is 1.35 bits per heavy atom. The number of nitrogens with one attached hydrogen (secondary N) is 1. The molecule has 104 valence electrons. The van der Waals surface area contributed by atoms with Crippen molar-refractivity contribution in [3.8, 4) is 0 Å². The second kappa shape index (κ2) is 5.69. The number of halogens is 1. The van der Waals surface area contributed by atoms with Gasteiger partial charge in [0.25, 0.3) is 5.91 Å². The zero-order valence-corrected chi connectivity index (χ0v) is 11.4. The first-order valence-electron chi connectivity index (χ1n) is 6.22. The second-order valence-electron chi connectivity index (χ2n) is 4.68. The van der Waals surface area contributed by atoms with Gasteiger partial charge < -0.3 is 11.1 Å². The van der Waals surface area contributed by atoms with Crippen molar-refractivity contribution in [1.82, 2.24) is 10.3 Å². The number of carbonyl (C=O) groups is 1. The summed E-state index contributed by atoms with van der Waals surface area (Å²) < 4.78 is 13.9. The van der Waals surface area contributed by atoms with Crippen molar-refractivity contribution in [2.45, 2.75) is 20.4 Å². The van der Waals surface area contributed by atoms with Gasteiger partial charge in [-0.2, -0.15) is 0 Å². The number of nitrogens with zero attached hydrogens (tertiary/aromatic N) is 1. The van der Waals surface area contributed by atoms with Gasteiger partial charge >= 0.3 is 0 Å². The molecule has 5 heteroatoms. The molecule has 0 aliphatic heterocycles. The Morgan fingerprint density at radius 2 is 2.10 bits per heavy atom. The molecule has 20 heavy (non-hydrogen) atoms. The number of nitrogens with two attached hydrogens (primary N) is 1. The molecule has 0 aliphatic carbocycles. The van der Waals surface area contributed by atoms with E-state index < -0.39 is 11.7 Å². The first-order valence-corrected chi connectivity index (χ1v) is 6.22. The summed E-state index contributed by atoms with van der Waals surface area (Å²) in [5.74, 6) is -1.02. The molecule has 1 aromatic carbocycles. The van der Waals surface area contributed by atoms with Gasteiger partial charge in [-0.3, -0.25) is 9.78 Å². The van der Waals surface area contributed by atoms with Crippen molar-refractivity contribution in [2.75, 3.05) is 5.73 Å². The summed E-state index contributed by atoms with van der Waals surface area (Å²) in [5, 5.41) is 2.69. The standard InChI is InChI=1S/C15H16FN3O/c1-9-5-12(17)6-13(14(9)16)15(20)19-8-11-3-4-18-7-10(11)2/h3-7H,8,17H2,1-2H3,(H,19,20). The lowest BCUT2D eigenvalue weighted by atomic mass is 10.1. The number of nitrogen functional groups attached to an aromatic ring is 1. The van der Waals surface area contributed by atoms with Crippen LogP contribution in [0.25, 0.3) is 0 Å². The van der Waals surface area contributed by atoms with E-state index in [9.17, 15) is 9.18 Å². The number of carbonyl (C=O) groups excluding carboxylic acids is 1. The number of benzene rings is 1. The average Bonchev–Trinajstić information content (AvgIpc) is 2.41. The molecule has 4 nitrogen and oxygen atoms in total. The summed E-state index contributed by atoms with van der Waals surface area (Å²) in [5.41, 5.74) is 8.24. The lowest BCUT2D eigenvalue weighted by Crippen LogP contribution is -2.24. The van der Waals surface area contributed by atoms with Crippen LogP contribution in [0.3, 0.4) is 0 Å². The highest BCUT2D eigenvalue weighted by Crippen LogP contribution is 2.17. The topological polar surface area (TPSA) is 68.0 Å². The van der Waals surface area contributed by atoms with Crippen molar-refractivity contribution in [1.29, 1.82) is 0 Å². The maximum absolute atomic E-state index is 13.9. The molecule has 0 radical (unpaired) electrons. The Hall–Kier alpha value is -2.43. The van der Waals surface area contributed by atoms with Crippen LogP contribution in [0.5, 0.6) is 0 Å². The Balaban J connectivity index is 2.15.